The highest BCUT2D eigenvalue weighted by atomic mass is 19.1. The lowest BCUT2D eigenvalue weighted by Gasteiger charge is -2.03. The fourth-order valence-corrected chi connectivity index (χ4v) is 1.02. The van der Waals surface area contributed by atoms with Crippen molar-refractivity contribution in [3.05, 3.63) is 35.2 Å². The van der Waals surface area contributed by atoms with Crippen molar-refractivity contribution in [3.8, 4) is 0 Å². The molecule has 4 N–H and O–H groups in total. The zero-order valence-corrected chi connectivity index (χ0v) is 7.75. The van der Waals surface area contributed by atoms with E-state index in [-0.39, 0.29) is 0 Å². The Kier molecular flexibility index (Phi) is 2.86. The van der Waals surface area contributed by atoms with Crippen molar-refractivity contribution in [2.75, 3.05) is 5.73 Å². The quantitative estimate of drug-likeness (QED) is 0.549. The van der Waals surface area contributed by atoms with E-state index in [1.54, 1.807) is 13.0 Å². The Morgan fingerprint density at radius 3 is 2.71 bits per heavy atom. The van der Waals surface area contributed by atoms with Crippen LogP contribution in [0.1, 0.15) is 11.1 Å². The summed E-state index contributed by atoms with van der Waals surface area (Å²) in [5.74, 6) is -1.04. The number of carbonyl (C=O) groups is 1. The highest BCUT2D eigenvalue weighted by molar-refractivity contribution is 5.90. The summed E-state index contributed by atoms with van der Waals surface area (Å²) < 4.78 is 13.4. The van der Waals surface area contributed by atoms with E-state index in [1.807, 2.05) is 0 Å². The summed E-state index contributed by atoms with van der Waals surface area (Å²) in [6, 6.07) is 3.08. The number of halogens is 1. The van der Waals surface area contributed by atoms with E-state index in [9.17, 15) is 9.18 Å². The second kappa shape index (κ2) is 3.91. The van der Waals surface area contributed by atoms with Crippen LogP contribution >= 0.6 is 0 Å². The molecule has 3 nitrogen and oxygen atoms in total. The largest absolute Gasteiger partial charge is 0.398 e. The standard InChI is InChI=1S/C10H11FN2O/c1-6-8(12)4-2-7(10(6)11)3-5-9(13)14/h2-5H,12H2,1H3,(H2,13,14). The molecule has 0 unspecified atom stereocenters. The number of nitrogen functional groups attached to an aromatic ring is 1. The van der Waals surface area contributed by atoms with Crippen molar-refractivity contribution in [2.24, 2.45) is 5.73 Å². The van der Waals surface area contributed by atoms with Crippen molar-refractivity contribution < 1.29 is 9.18 Å². The van der Waals surface area contributed by atoms with Crippen LogP contribution in [0, 0.1) is 12.7 Å². The summed E-state index contributed by atoms with van der Waals surface area (Å²) in [5, 5.41) is 0. The fraction of sp³-hybridized carbons (Fsp3) is 0.100. The molecule has 1 aromatic rings. The minimum absolute atomic E-state index is 0.301. The normalized spacial score (nSPS) is 10.7. The van der Waals surface area contributed by atoms with Crippen LogP contribution in [0.5, 0.6) is 0 Å². The van der Waals surface area contributed by atoms with Gasteiger partial charge >= 0.3 is 0 Å². The molecule has 0 fully saturated rings. The Labute approximate surface area is 81.2 Å². The van der Waals surface area contributed by atoms with Gasteiger partial charge in [0.05, 0.1) is 0 Å². The van der Waals surface area contributed by atoms with Crippen molar-refractivity contribution in [1.82, 2.24) is 0 Å². The lowest BCUT2D eigenvalue weighted by atomic mass is 10.1. The van der Waals surface area contributed by atoms with Gasteiger partial charge in [0.1, 0.15) is 5.82 Å². The highest BCUT2D eigenvalue weighted by Crippen LogP contribution is 2.19. The van der Waals surface area contributed by atoms with Crippen LogP contribution in [0.4, 0.5) is 10.1 Å². The summed E-state index contributed by atoms with van der Waals surface area (Å²) >= 11 is 0. The minimum atomic E-state index is -0.612. The third kappa shape index (κ3) is 2.10. The van der Waals surface area contributed by atoms with Crippen molar-refractivity contribution >= 4 is 17.7 Å². The van der Waals surface area contributed by atoms with Crippen LogP contribution in [-0.2, 0) is 4.79 Å². The number of rotatable bonds is 2. The zero-order chi connectivity index (χ0) is 10.7. The molecule has 0 atom stereocenters. The van der Waals surface area contributed by atoms with Gasteiger partial charge in [-0.05, 0) is 25.1 Å². The first-order chi connectivity index (χ1) is 6.52. The number of anilines is 1. The summed E-state index contributed by atoms with van der Waals surface area (Å²) in [7, 11) is 0. The molecule has 0 spiro atoms. The van der Waals surface area contributed by atoms with E-state index in [0.717, 1.165) is 6.08 Å². The summed E-state index contributed by atoms with van der Waals surface area (Å²) in [6.07, 6.45) is 2.43. The van der Waals surface area contributed by atoms with Gasteiger partial charge in [-0.1, -0.05) is 0 Å². The van der Waals surface area contributed by atoms with Gasteiger partial charge in [-0.3, -0.25) is 4.79 Å². The first-order valence-electron chi connectivity index (χ1n) is 4.04. The molecule has 0 heterocycles. The van der Waals surface area contributed by atoms with Crippen molar-refractivity contribution in [1.29, 1.82) is 0 Å². The predicted octanol–water partition coefficient (Wildman–Crippen LogP) is 1.21. The van der Waals surface area contributed by atoms with E-state index in [2.05, 4.69) is 0 Å². The molecule has 0 saturated carbocycles. The lowest BCUT2D eigenvalue weighted by molar-refractivity contribution is -0.113. The number of primary amides is 1. The van der Waals surface area contributed by atoms with E-state index >= 15 is 0 Å². The summed E-state index contributed by atoms with van der Waals surface area (Å²) in [5.41, 5.74) is 11.4. The molecule has 0 aromatic heterocycles. The average Bonchev–Trinajstić information content (AvgIpc) is 2.13. The lowest BCUT2D eigenvalue weighted by Crippen LogP contribution is -2.05. The first-order valence-corrected chi connectivity index (χ1v) is 4.04. The first kappa shape index (κ1) is 10.2. The van der Waals surface area contributed by atoms with Gasteiger partial charge in [-0.2, -0.15) is 0 Å². The second-order valence-electron chi connectivity index (χ2n) is 2.92. The Balaban J connectivity index is 3.12. The van der Waals surface area contributed by atoms with Gasteiger partial charge in [0, 0.05) is 22.9 Å². The van der Waals surface area contributed by atoms with Crippen LogP contribution in [0.3, 0.4) is 0 Å². The molecule has 0 radical (unpaired) electrons. The molecule has 74 valence electrons. The number of hydrogen-bond acceptors (Lipinski definition) is 2. The van der Waals surface area contributed by atoms with E-state index < -0.39 is 11.7 Å². The molecule has 0 aliphatic carbocycles. The van der Waals surface area contributed by atoms with Gasteiger partial charge in [0.25, 0.3) is 0 Å². The molecule has 0 aliphatic heterocycles. The van der Waals surface area contributed by atoms with Crippen LogP contribution in [0.2, 0.25) is 0 Å². The van der Waals surface area contributed by atoms with Crippen molar-refractivity contribution in [3.63, 3.8) is 0 Å². The molecule has 0 saturated heterocycles. The molecule has 0 aliphatic rings. The Bertz CT molecular complexity index is 399. The van der Waals surface area contributed by atoms with Gasteiger partial charge in [0.2, 0.25) is 5.91 Å². The Morgan fingerprint density at radius 1 is 1.50 bits per heavy atom. The molecule has 14 heavy (non-hydrogen) atoms. The van der Waals surface area contributed by atoms with Crippen LogP contribution < -0.4 is 11.5 Å². The van der Waals surface area contributed by atoms with Crippen LogP contribution in [0.25, 0.3) is 6.08 Å². The monoisotopic (exact) mass is 194 g/mol. The summed E-state index contributed by atoms with van der Waals surface area (Å²) in [4.78, 5) is 10.4. The van der Waals surface area contributed by atoms with Gasteiger partial charge in [-0.25, -0.2) is 4.39 Å². The summed E-state index contributed by atoms with van der Waals surface area (Å²) in [6.45, 7) is 1.58. The Hall–Kier alpha value is -1.84. The van der Waals surface area contributed by atoms with Gasteiger partial charge in [0.15, 0.2) is 0 Å². The fourth-order valence-electron chi connectivity index (χ4n) is 1.02. The number of hydrogen-bond donors (Lipinski definition) is 2. The highest BCUT2D eigenvalue weighted by Gasteiger charge is 2.05. The third-order valence-corrected chi connectivity index (χ3v) is 1.89. The topological polar surface area (TPSA) is 69.1 Å². The zero-order valence-electron chi connectivity index (χ0n) is 7.75. The Morgan fingerprint density at radius 2 is 2.14 bits per heavy atom. The number of benzene rings is 1. The second-order valence-corrected chi connectivity index (χ2v) is 2.92. The maximum atomic E-state index is 13.4. The molecular formula is C10H11FN2O. The minimum Gasteiger partial charge on any atom is -0.398 e. The average molecular weight is 194 g/mol. The molecule has 4 heteroatoms. The smallest absolute Gasteiger partial charge is 0.241 e. The SMILES string of the molecule is Cc1c(N)ccc(C=CC(N)=O)c1F. The predicted molar refractivity (Wildman–Crippen MR) is 53.8 cm³/mol. The molecule has 1 aromatic carbocycles. The van der Waals surface area contributed by atoms with Crippen molar-refractivity contribution in [2.45, 2.75) is 6.92 Å². The number of carbonyl (C=O) groups excluding carboxylic acids is 1. The van der Waals surface area contributed by atoms with Gasteiger partial charge < -0.3 is 11.5 Å². The van der Waals surface area contributed by atoms with Gasteiger partial charge in [-0.15, -0.1) is 0 Å². The molecule has 0 bridgehead atoms. The maximum Gasteiger partial charge on any atom is 0.241 e. The maximum absolute atomic E-state index is 13.4. The molecular weight excluding hydrogens is 183 g/mol. The van der Waals surface area contributed by atoms with E-state index in [4.69, 9.17) is 11.5 Å². The molecule has 1 rings (SSSR count). The van der Waals surface area contributed by atoms with E-state index in [0.29, 0.717) is 16.8 Å². The number of nitrogens with two attached hydrogens (primary N) is 2. The third-order valence-electron chi connectivity index (χ3n) is 1.89. The number of amides is 1. The van der Waals surface area contributed by atoms with Crippen LogP contribution in [-0.4, -0.2) is 5.91 Å². The van der Waals surface area contributed by atoms with E-state index in [1.165, 1.54) is 12.1 Å². The molecule has 1 amide bonds. The van der Waals surface area contributed by atoms with Crippen LogP contribution in [0.15, 0.2) is 18.2 Å².